The van der Waals surface area contributed by atoms with E-state index in [2.05, 4.69) is 22.5 Å². The van der Waals surface area contributed by atoms with Crippen LogP contribution in [0.3, 0.4) is 0 Å². The Bertz CT molecular complexity index is 531. The Morgan fingerprint density at radius 1 is 1.41 bits per heavy atom. The predicted octanol–water partition coefficient (Wildman–Crippen LogP) is 2.70. The van der Waals surface area contributed by atoms with Gasteiger partial charge in [0.1, 0.15) is 5.75 Å². The molecule has 0 saturated heterocycles. The van der Waals surface area contributed by atoms with E-state index in [1.165, 1.54) is 6.07 Å². The number of nitrogens with zero attached hydrogens (tertiary/aromatic N) is 1. The molecule has 0 bridgehead atoms. The van der Waals surface area contributed by atoms with Crippen molar-refractivity contribution in [2.45, 2.75) is 32.1 Å². The Morgan fingerprint density at radius 3 is 2.73 bits per heavy atom. The van der Waals surface area contributed by atoms with Gasteiger partial charge >= 0.3 is 6.18 Å². The standard InChI is InChI=1S/C15H20F3N3O/c1-10-6-13(10)21-14(19-2)20-8-11-4-3-5-12(7-11)22-9-15(16,17)18/h3-5,7,10,13H,6,8-9H2,1-2H3,(H2,19,20,21). The van der Waals surface area contributed by atoms with Crippen LogP contribution < -0.4 is 15.4 Å². The van der Waals surface area contributed by atoms with Crippen LogP contribution in [-0.2, 0) is 6.54 Å². The molecule has 1 fully saturated rings. The van der Waals surface area contributed by atoms with Crippen molar-refractivity contribution in [3.63, 3.8) is 0 Å². The number of benzene rings is 1. The third kappa shape index (κ3) is 5.46. The number of halogens is 3. The molecule has 1 saturated carbocycles. The van der Waals surface area contributed by atoms with Gasteiger partial charge in [-0.1, -0.05) is 19.1 Å². The van der Waals surface area contributed by atoms with Crippen LogP contribution in [0, 0.1) is 5.92 Å². The number of alkyl halides is 3. The molecule has 0 amide bonds. The van der Waals surface area contributed by atoms with Gasteiger partial charge in [-0.05, 0) is 30.0 Å². The van der Waals surface area contributed by atoms with E-state index in [1.54, 1.807) is 19.2 Å². The number of hydrogen-bond acceptors (Lipinski definition) is 2. The number of aliphatic imine (C=N–C) groups is 1. The molecule has 0 heterocycles. The molecule has 2 rings (SSSR count). The molecule has 22 heavy (non-hydrogen) atoms. The van der Waals surface area contributed by atoms with Crippen LogP contribution in [0.5, 0.6) is 5.75 Å². The van der Waals surface area contributed by atoms with E-state index < -0.39 is 12.8 Å². The van der Waals surface area contributed by atoms with Crippen molar-refractivity contribution in [1.29, 1.82) is 0 Å². The maximum Gasteiger partial charge on any atom is 0.422 e. The highest BCUT2D eigenvalue weighted by Crippen LogP contribution is 2.28. The Morgan fingerprint density at radius 2 is 2.14 bits per heavy atom. The summed E-state index contributed by atoms with van der Waals surface area (Å²) in [4.78, 5) is 4.12. The van der Waals surface area contributed by atoms with E-state index in [0.29, 0.717) is 24.5 Å². The lowest BCUT2D eigenvalue weighted by Gasteiger charge is -2.13. The molecule has 0 spiro atoms. The summed E-state index contributed by atoms with van der Waals surface area (Å²) >= 11 is 0. The fourth-order valence-electron chi connectivity index (χ4n) is 1.99. The maximum atomic E-state index is 12.1. The Hall–Kier alpha value is -1.92. The van der Waals surface area contributed by atoms with Gasteiger partial charge in [-0.25, -0.2) is 0 Å². The molecular formula is C15H20F3N3O. The van der Waals surface area contributed by atoms with Gasteiger partial charge in [0.25, 0.3) is 0 Å². The van der Waals surface area contributed by atoms with E-state index >= 15 is 0 Å². The molecular weight excluding hydrogens is 295 g/mol. The minimum Gasteiger partial charge on any atom is -0.484 e. The summed E-state index contributed by atoms with van der Waals surface area (Å²) in [5.41, 5.74) is 0.825. The summed E-state index contributed by atoms with van der Waals surface area (Å²) in [6.45, 7) is 1.34. The zero-order chi connectivity index (χ0) is 16.2. The summed E-state index contributed by atoms with van der Waals surface area (Å²) in [5.74, 6) is 1.55. The van der Waals surface area contributed by atoms with Gasteiger partial charge in [0.05, 0.1) is 0 Å². The van der Waals surface area contributed by atoms with Crippen LogP contribution in [0.15, 0.2) is 29.3 Å². The molecule has 4 nitrogen and oxygen atoms in total. The summed E-state index contributed by atoms with van der Waals surface area (Å²) < 4.78 is 41.2. The SMILES string of the molecule is CN=C(NCc1cccc(OCC(F)(F)F)c1)NC1CC1C. The van der Waals surface area contributed by atoms with Crippen molar-refractivity contribution < 1.29 is 17.9 Å². The van der Waals surface area contributed by atoms with Gasteiger partial charge in [-0.2, -0.15) is 13.2 Å². The highest BCUT2D eigenvalue weighted by molar-refractivity contribution is 5.80. The molecule has 122 valence electrons. The second-order valence-electron chi connectivity index (χ2n) is 5.44. The van der Waals surface area contributed by atoms with Crippen molar-refractivity contribution in [2.24, 2.45) is 10.9 Å². The van der Waals surface area contributed by atoms with Crippen LogP contribution in [-0.4, -0.2) is 31.8 Å². The first-order valence-electron chi connectivity index (χ1n) is 7.13. The quantitative estimate of drug-likeness (QED) is 0.649. The molecule has 1 aliphatic carbocycles. The summed E-state index contributed by atoms with van der Waals surface area (Å²) in [6, 6.07) is 7.04. The van der Waals surface area contributed by atoms with E-state index in [9.17, 15) is 13.2 Å². The van der Waals surface area contributed by atoms with Crippen LogP contribution in [0.1, 0.15) is 18.9 Å². The number of ether oxygens (including phenoxy) is 1. The number of guanidine groups is 1. The van der Waals surface area contributed by atoms with Gasteiger partial charge in [-0.15, -0.1) is 0 Å². The lowest BCUT2D eigenvalue weighted by atomic mass is 10.2. The van der Waals surface area contributed by atoms with Crippen molar-refractivity contribution in [3.8, 4) is 5.75 Å². The first-order chi connectivity index (χ1) is 10.4. The zero-order valence-corrected chi connectivity index (χ0v) is 12.6. The van der Waals surface area contributed by atoms with Gasteiger partial charge < -0.3 is 15.4 Å². The molecule has 7 heteroatoms. The zero-order valence-electron chi connectivity index (χ0n) is 12.6. The second-order valence-corrected chi connectivity index (χ2v) is 5.44. The molecule has 1 aromatic rings. The first-order valence-corrected chi connectivity index (χ1v) is 7.13. The number of rotatable bonds is 5. The second kappa shape index (κ2) is 6.89. The average molecular weight is 315 g/mol. The highest BCUT2D eigenvalue weighted by Gasteiger charge is 2.33. The molecule has 2 atom stereocenters. The number of hydrogen-bond donors (Lipinski definition) is 2. The molecule has 1 aromatic carbocycles. The first kappa shape index (κ1) is 16.5. The summed E-state index contributed by atoms with van der Waals surface area (Å²) in [6.07, 6.45) is -3.21. The van der Waals surface area contributed by atoms with E-state index in [-0.39, 0.29) is 5.75 Å². The van der Waals surface area contributed by atoms with Crippen molar-refractivity contribution in [1.82, 2.24) is 10.6 Å². The van der Waals surface area contributed by atoms with Gasteiger partial charge in [0.2, 0.25) is 0 Å². The summed E-state index contributed by atoms with van der Waals surface area (Å²) in [7, 11) is 1.69. The monoisotopic (exact) mass is 315 g/mol. The lowest BCUT2D eigenvalue weighted by Crippen LogP contribution is -2.38. The highest BCUT2D eigenvalue weighted by atomic mass is 19.4. The van der Waals surface area contributed by atoms with Crippen LogP contribution in [0.2, 0.25) is 0 Å². The topological polar surface area (TPSA) is 45.7 Å². The molecule has 0 aliphatic heterocycles. The predicted molar refractivity (Wildman–Crippen MR) is 78.9 cm³/mol. The minimum atomic E-state index is -4.33. The van der Waals surface area contributed by atoms with Crippen molar-refractivity contribution >= 4 is 5.96 Å². The number of nitrogens with one attached hydrogen (secondary N) is 2. The van der Waals surface area contributed by atoms with Crippen LogP contribution >= 0.6 is 0 Å². The van der Waals surface area contributed by atoms with Crippen molar-refractivity contribution in [3.05, 3.63) is 29.8 Å². The van der Waals surface area contributed by atoms with E-state index in [0.717, 1.165) is 12.0 Å². The van der Waals surface area contributed by atoms with Gasteiger partial charge in [0.15, 0.2) is 12.6 Å². The third-order valence-electron chi connectivity index (χ3n) is 3.42. The average Bonchev–Trinajstić information content (AvgIpc) is 3.16. The fourth-order valence-corrected chi connectivity index (χ4v) is 1.99. The summed E-state index contributed by atoms with van der Waals surface area (Å²) in [5, 5.41) is 6.42. The molecule has 2 N–H and O–H groups in total. The van der Waals surface area contributed by atoms with Gasteiger partial charge in [0, 0.05) is 19.6 Å². The van der Waals surface area contributed by atoms with Crippen LogP contribution in [0.25, 0.3) is 0 Å². The molecule has 2 unspecified atom stereocenters. The third-order valence-corrected chi connectivity index (χ3v) is 3.42. The smallest absolute Gasteiger partial charge is 0.422 e. The Labute approximate surface area is 127 Å². The maximum absolute atomic E-state index is 12.1. The normalized spacial score (nSPS) is 21.4. The van der Waals surface area contributed by atoms with E-state index in [4.69, 9.17) is 4.74 Å². The Kier molecular flexibility index (Phi) is 5.15. The van der Waals surface area contributed by atoms with E-state index in [1.807, 2.05) is 6.07 Å². The fraction of sp³-hybridized carbons (Fsp3) is 0.533. The minimum absolute atomic E-state index is 0.204. The molecule has 0 aromatic heterocycles. The van der Waals surface area contributed by atoms with Gasteiger partial charge in [-0.3, -0.25) is 4.99 Å². The lowest BCUT2D eigenvalue weighted by molar-refractivity contribution is -0.153. The molecule has 1 aliphatic rings. The largest absolute Gasteiger partial charge is 0.484 e. The Balaban J connectivity index is 1.84. The molecule has 0 radical (unpaired) electrons. The van der Waals surface area contributed by atoms with Crippen LogP contribution in [0.4, 0.5) is 13.2 Å². The van der Waals surface area contributed by atoms with Crippen molar-refractivity contribution in [2.75, 3.05) is 13.7 Å².